The molecule has 0 fully saturated rings. The van der Waals surface area contributed by atoms with E-state index in [0.717, 1.165) is 6.08 Å². The third-order valence-corrected chi connectivity index (χ3v) is 1.24. The van der Waals surface area contributed by atoms with Crippen LogP contribution in [0.2, 0.25) is 0 Å². The van der Waals surface area contributed by atoms with E-state index in [1.165, 1.54) is 13.0 Å². The van der Waals surface area contributed by atoms with Crippen LogP contribution in [0.5, 0.6) is 0 Å². The molecule has 0 aliphatic carbocycles. The zero-order valence-corrected chi connectivity index (χ0v) is 6.86. The molecule has 0 atom stereocenters. The summed E-state index contributed by atoms with van der Waals surface area (Å²) in [5.41, 5.74) is 0.368. The molecule has 0 radical (unpaired) electrons. The van der Waals surface area contributed by atoms with E-state index < -0.39 is 5.83 Å². The highest BCUT2D eigenvalue weighted by Crippen LogP contribution is 2.14. The van der Waals surface area contributed by atoms with Gasteiger partial charge in [-0.15, -0.1) is 0 Å². The Hall–Kier alpha value is -0.890. The molecule has 0 bridgehead atoms. The first kappa shape index (κ1) is 10.1. The number of hydrogen-bond acceptors (Lipinski definition) is 1. The highest BCUT2D eigenvalue weighted by molar-refractivity contribution is 6.31. The minimum atomic E-state index is -0.632. The number of carbonyl (C=O) groups is 1. The van der Waals surface area contributed by atoms with Gasteiger partial charge in [0.15, 0.2) is 0 Å². The van der Waals surface area contributed by atoms with Crippen LogP contribution in [0.1, 0.15) is 6.92 Å². The fourth-order valence-corrected chi connectivity index (χ4v) is 0.650. The van der Waals surface area contributed by atoms with Crippen molar-refractivity contribution >= 4 is 17.9 Å². The Morgan fingerprint density at radius 2 is 2.18 bits per heavy atom. The first-order valence-corrected chi connectivity index (χ1v) is 3.30. The van der Waals surface area contributed by atoms with Gasteiger partial charge in [-0.05, 0) is 24.6 Å². The molecule has 0 amide bonds. The van der Waals surface area contributed by atoms with E-state index in [4.69, 9.17) is 11.6 Å². The molecule has 0 saturated heterocycles. The van der Waals surface area contributed by atoms with Gasteiger partial charge in [0.05, 0.1) is 5.03 Å². The monoisotopic (exact) mass is 174 g/mol. The van der Waals surface area contributed by atoms with Crippen LogP contribution in [0.3, 0.4) is 0 Å². The third kappa shape index (κ3) is 3.73. The summed E-state index contributed by atoms with van der Waals surface area (Å²) in [5.74, 6) is -0.632. The van der Waals surface area contributed by atoms with Crippen molar-refractivity contribution in [2.45, 2.75) is 6.92 Å². The summed E-state index contributed by atoms with van der Waals surface area (Å²) in [4.78, 5) is 10.1. The molecule has 0 aromatic heterocycles. The van der Waals surface area contributed by atoms with E-state index in [9.17, 15) is 9.18 Å². The largest absolute Gasteiger partial charge is 0.298 e. The molecule has 0 aliphatic heterocycles. The topological polar surface area (TPSA) is 17.1 Å². The van der Waals surface area contributed by atoms with Crippen LogP contribution in [-0.2, 0) is 4.79 Å². The maximum Gasteiger partial charge on any atom is 0.145 e. The molecule has 11 heavy (non-hydrogen) atoms. The second-order valence-electron chi connectivity index (χ2n) is 1.91. The van der Waals surface area contributed by atoms with Gasteiger partial charge in [-0.3, -0.25) is 4.79 Å². The van der Waals surface area contributed by atoms with E-state index in [-0.39, 0.29) is 5.03 Å². The van der Waals surface area contributed by atoms with E-state index in [2.05, 4.69) is 6.58 Å². The molecule has 0 heterocycles. The van der Waals surface area contributed by atoms with Crippen LogP contribution in [0.15, 0.2) is 35.2 Å². The second-order valence-corrected chi connectivity index (χ2v) is 2.31. The van der Waals surface area contributed by atoms with Crippen LogP contribution < -0.4 is 0 Å². The maximum atomic E-state index is 12.5. The molecule has 0 saturated carbocycles. The van der Waals surface area contributed by atoms with Crippen molar-refractivity contribution < 1.29 is 9.18 Å². The molecular weight excluding hydrogens is 167 g/mol. The molecule has 1 nitrogen and oxygen atoms in total. The molecule has 0 aromatic carbocycles. The summed E-state index contributed by atoms with van der Waals surface area (Å²) in [6.07, 6.45) is 2.82. The van der Waals surface area contributed by atoms with Crippen molar-refractivity contribution in [3.05, 3.63) is 35.2 Å². The molecule has 0 aliphatic rings. The van der Waals surface area contributed by atoms with Gasteiger partial charge in [-0.2, -0.15) is 0 Å². The highest BCUT2D eigenvalue weighted by atomic mass is 35.5. The molecule has 0 N–H and O–H groups in total. The number of hydrogen-bond donors (Lipinski definition) is 0. The Morgan fingerprint density at radius 3 is 2.55 bits per heavy atom. The molecule has 0 aromatic rings. The number of allylic oxidation sites excluding steroid dienone is 5. The van der Waals surface area contributed by atoms with Crippen molar-refractivity contribution in [3.8, 4) is 0 Å². The number of carbonyl (C=O) groups excluding carboxylic acids is 1. The summed E-state index contributed by atoms with van der Waals surface area (Å²) in [6, 6.07) is 0. The second kappa shape index (κ2) is 4.85. The van der Waals surface area contributed by atoms with Crippen molar-refractivity contribution in [1.82, 2.24) is 0 Å². The van der Waals surface area contributed by atoms with Gasteiger partial charge in [0.1, 0.15) is 12.1 Å². The average Bonchev–Trinajstić information content (AvgIpc) is 2.02. The van der Waals surface area contributed by atoms with E-state index in [1.54, 1.807) is 0 Å². The van der Waals surface area contributed by atoms with Crippen LogP contribution in [0.4, 0.5) is 4.39 Å². The van der Waals surface area contributed by atoms with Crippen LogP contribution >= 0.6 is 11.6 Å². The molecule has 3 heteroatoms. The Bertz CT molecular complexity index is 228. The first-order valence-electron chi connectivity index (χ1n) is 2.93. The Morgan fingerprint density at radius 1 is 1.64 bits per heavy atom. The minimum Gasteiger partial charge on any atom is -0.298 e. The Labute approximate surface area is 69.9 Å². The summed E-state index contributed by atoms with van der Waals surface area (Å²) in [6.45, 7) is 4.71. The summed E-state index contributed by atoms with van der Waals surface area (Å²) in [7, 11) is 0. The molecule has 0 rings (SSSR count). The van der Waals surface area contributed by atoms with Crippen LogP contribution in [0, 0.1) is 0 Å². The highest BCUT2D eigenvalue weighted by Gasteiger charge is 1.95. The summed E-state index contributed by atoms with van der Waals surface area (Å²) in [5, 5.41) is -0.107. The Balaban J connectivity index is 4.62. The fourth-order valence-electron chi connectivity index (χ4n) is 0.400. The first-order chi connectivity index (χ1) is 5.11. The number of rotatable bonds is 3. The van der Waals surface area contributed by atoms with E-state index >= 15 is 0 Å². The standard InChI is InChI=1S/C8H8ClFO/c1-3-8(10)7(9)4-6(2)5-11/h3-5H,1H2,2H3/b6-4+,8-7-. The van der Waals surface area contributed by atoms with Crippen molar-refractivity contribution in [1.29, 1.82) is 0 Å². The summed E-state index contributed by atoms with van der Waals surface area (Å²) >= 11 is 5.40. The van der Waals surface area contributed by atoms with Crippen LogP contribution in [0.25, 0.3) is 0 Å². The minimum absolute atomic E-state index is 0.107. The average molecular weight is 175 g/mol. The zero-order chi connectivity index (χ0) is 8.85. The van der Waals surface area contributed by atoms with Crippen molar-refractivity contribution in [2.75, 3.05) is 0 Å². The molecule has 0 unspecified atom stereocenters. The predicted molar refractivity (Wildman–Crippen MR) is 44.0 cm³/mol. The van der Waals surface area contributed by atoms with Gasteiger partial charge in [-0.25, -0.2) is 4.39 Å². The van der Waals surface area contributed by atoms with E-state index in [0.29, 0.717) is 11.9 Å². The number of aldehydes is 1. The lowest BCUT2D eigenvalue weighted by Crippen LogP contribution is -1.77. The fraction of sp³-hybridized carbons (Fsp3) is 0.125. The maximum absolute atomic E-state index is 12.5. The summed E-state index contributed by atoms with van der Waals surface area (Å²) < 4.78 is 12.5. The molecule has 0 spiro atoms. The molecular formula is C8H8ClFO. The van der Waals surface area contributed by atoms with Gasteiger partial charge in [0.2, 0.25) is 0 Å². The smallest absolute Gasteiger partial charge is 0.145 e. The predicted octanol–water partition coefficient (Wildman–Crippen LogP) is 2.74. The lowest BCUT2D eigenvalue weighted by molar-refractivity contribution is -0.104. The normalized spacial score (nSPS) is 13.9. The van der Waals surface area contributed by atoms with Gasteiger partial charge >= 0.3 is 0 Å². The van der Waals surface area contributed by atoms with Gasteiger partial charge in [0.25, 0.3) is 0 Å². The van der Waals surface area contributed by atoms with Crippen molar-refractivity contribution in [2.24, 2.45) is 0 Å². The van der Waals surface area contributed by atoms with Crippen LogP contribution in [-0.4, -0.2) is 6.29 Å². The lowest BCUT2D eigenvalue weighted by Gasteiger charge is -1.90. The zero-order valence-electron chi connectivity index (χ0n) is 6.10. The van der Waals surface area contributed by atoms with Gasteiger partial charge < -0.3 is 0 Å². The van der Waals surface area contributed by atoms with Gasteiger partial charge in [-0.1, -0.05) is 18.2 Å². The van der Waals surface area contributed by atoms with E-state index in [1.807, 2.05) is 0 Å². The van der Waals surface area contributed by atoms with Crippen molar-refractivity contribution in [3.63, 3.8) is 0 Å². The number of halogens is 2. The SMILES string of the molecule is C=C/C(F)=C(Cl)\C=C(/C)C=O. The Kier molecular flexibility index (Phi) is 4.46. The molecule has 60 valence electrons. The van der Waals surface area contributed by atoms with Gasteiger partial charge in [0, 0.05) is 0 Å². The third-order valence-electron chi connectivity index (χ3n) is 0.948. The quantitative estimate of drug-likeness (QED) is 0.365. The lowest BCUT2D eigenvalue weighted by atomic mass is 10.3.